The van der Waals surface area contributed by atoms with Crippen molar-refractivity contribution in [3.8, 4) is 5.75 Å². The van der Waals surface area contributed by atoms with Crippen LogP contribution in [-0.2, 0) is 0 Å². The van der Waals surface area contributed by atoms with Gasteiger partial charge < -0.3 is 20.4 Å². The number of anilines is 2. The quantitative estimate of drug-likeness (QED) is 0.308. The highest BCUT2D eigenvalue weighted by molar-refractivity contribution is 6.35. The van der Waals surface area contributed by atoms with E-state index in [2.05, 4.69) is 34.4 Å². The molecule has 4 rings (SSSR count). The van der Waals surface area contributed by atoms with E-state index in [0.29, 0.717) is 27.8 Å². The van der Waals surface area contributed by atoms with Crippen molar-refractivity contribution in [2.45, 2.75) is 65.5 Å². The summed E-state index contributed by atoms with van der Waals surface area (Å²) in [4.78, 5) is 20.8. The van der Waals surface area contributed by atoms with Crippen molar-refractivity contribution in [2.75, 3.05) is 5.32 Å². The van der Waals surface area contributed by atoms with Gasteiger partial charge in [0, 0.05) is 12.1 Å². The normalized spacial score (nSPS) is 16.1. The third-order valence-corrected chi connectivity index (χ3v) is 6.76. The van der Waals surface area contributed by atoms with E-state index in [1.54, 1.807) is 12.1 Å². The van der Waals surface area contributed by atoms with Gasteiger partial charge in [0.1, 0.15) is 5.75 Å². The van der Waals surface area contributed by atoms with E-state index in [0.717, 1.165) is 25.7 Å². The number of rotatable bonds is 6. The van der Waals surface area contributed by atoms with E-state index in [1.807, 2.05) is 13.8 Å². The smallest absolute Gasteiger partial charge is 0.255 e. The van der Waals surface area contributed by atoms with Crippen LogP contribution in [0.3, 0.4) is 0 Å². The summed E-state index contributed by atoms with van der Waals surface area (Å²) in [6.45, 7) is 8.33. The second-order valence-corrected chi connectivity index (χ2v) is 10.7. The number of nitrogens with zero attached hydrogens (tertiary/aromatic N) is 1. The van der Waals surface area contributed by atoms with Crippen LogP contribution in [0.5, 0.6) is 5.75 Å². The summed E-state index contributed by atoms with van der Waals surface area (Å²) in [6, 6.07) is 6.44. The molecule has 0 atom stereocenters. The monoisotopic (exact) mass is 506 g/mol. The number of fused-ring (bicyclic) bond motifs is 1. The lowest BCUT2D eigenvalue weighted by atomic mass is 9.75. The van der Waals surface area contributed by atoms with Gasteiger partial charge in [0.2, 0.25) is 5.95 Å². The van der Waals surface area contributed by atoms with Crippen LogP contribution in [0, 0.1) is 11.2 Å². The summed E-state index contributed by atoms with van der Waals surface area (Å²) in [6.07, 6.45) is 3.92. The topological polar surface area (TPSA) is 79.0 Å². The SMILES string of the molecule is CC(C)Oc1cc2[nH]c(Nc3c(Cl)ccc(Cl)c3F)nc2cc1C(=O)NC1CCC(C)(C)CC1. The van der Waals surface area contributed by atoms with Crippen LogP contribution >= 0.6 is 23.2 Å². The standard InChI is InChI=1S/C25H29Cl2FN4O2/c1-13(2)34-20-12-19-18(11-15(20)23(33)29-14-7-9-25(3,4)10-8-14)30-24(31-19)32-22-17(27)6-5-16(26)21(22)28/h5-6,11-14H,7-10H2,1-4H3,(H,29,33)(H2,30,31,32). The van der Waals surface area contributed by atoms with E-state index in [4.69, 9.17) is 27.9 Å². The molecule has 0 unspecified atom stereocenters. The zero-order chi connectivity index (χ0) is 24.6. The number of carbonyl (C=O) groups excluding carboxylic acids is 1. The molecule has 1 fully saturated rings. The van der Waals surface area contributed by atoms with E-state index in [9.17, 15) is 9.18 Å². The molecule has 0 aliphatic heterocycles. The first-order chi connectivity index (χ1) is 16.0. The number of amides is 1. The lowest BCUT2D eigenvalue weighted by Crippen LogP contribution is -2.39. The zero-order valence-corrected chi connectivity index (χ0v) is 21.2. The van der Waals surface area contributed by atoms with Crippen LogP contribution in [0.15, 0.2) is 24.3 Å². The van der Waals surface area contributed by atoms with E-state index < -0.39 is 5.82 Å². The molecule has 0 bridgehead atoms. The van der Waals surface area contributed by atoms with Crippen molar-refractivity contribution >= 4 is 51.8 Å². The summed E-state index contributed by atoms with van der Waals surface area (Å²) in [5.41, 5.74) is 1.91. The minimum Gasteiger partial charge on any atom is -0.490 e. The fourth-order valence-electron chi connectivity index (χ4n) is 4.19. The molecule has 3 aromatic rings. The zero-order valence-electron chi connectivity index (χ0n) is 19.7. The highest BCUT2D eigenvalue weighted by Crippen LogP contribution is 2.36. The van der Waals surface area contributed by atoms with Crippen LogP contribution in [-0.4, -0.2) is 28.0 Å². The highest BCUT2D eigenvalue weighted by Gasteiger charge is 2.28. The number of ether oxygens (including phenoxy) is 1. The van der Waals surface area contributed by atoms with Crippen molar-refractivity contribution in [1.29, 1.82) is 0 Å². The van der Waals surface area contributed by atoms with Gasteiger partial charge in [-0.05, 0) is 63.1 Å². The van der Waals surface area contributed by atoms with Crippen molar-refractivity contribution < 1.29 is 13.9 Å². The van der Waals surface area contributed by atoms with Crippen molar-refractivity contribution in [2.24, 2.45) is 5.41 Å². The van der Waals surface area contributed by atoms with Crippen molar-refractivity contribution in [1.82, 2.24) is 15.3 Å². The summed E-state index contributed by atoms with van der Waals surface area (Å²) in [5, 5.41) is 6.13. The average Bonchev–Trinajstić information content (AvgIpc) is 3.16. The fraction of sp³-hybridized carbons (Fsp3) is 0.440. The molecule has 1 aliphatic carbocycles. The predicted molar refractivity (Wildman–Crippen MR) is 135 cm³/mol. The number of hydrogen-bond acceptors (Lipinski definition) is 4. The number of benzene rings is 2. The molecule has 3 N–H and O–H groups in total. The van der Waals surface area contributed by atoms with E-state index >= 15 is 0 Å². The van der Waals surface area contributed by atoms with Gasteiger partial charge in [-0.15, -0.1) is 0 Å². The molecule has 1 aromatic heterocycles. The number of halogens is 3. The van der Waals surface area contributed by atoms with Gasteiger partial charge in [0.05, 0.1) is 38.4 Å². The number of carbonyl (C=O) groups is 1. The molecule has 6 nitrogen and oxygen atoms in total. The Morgan fingerprint density at radius 3 is 2.56 bits per heavy atom. The van der Waals surface area contributed by atoms with E-state index in [1.165, 1.54) is 12.1 Å². The van der Waals surface area contributed by atoms with Crippen LogP contribution in [0.4, 0.5) is 16.0 Å². The lowest BCUT2D eigenvalue weighted by molar-refractivity contribution is 0.0903. The second-order valence-electron chi connectivity index (χ2n) is 9.87. The minimum absolute atomic E-state index is 0.0186. The predicted octanol–water partition coefficient (Wildman–Crippen LogP) is 7.24. The van der Waals surface area contributed by atoms with Gasteiger partial charge >= 0.3 is 0 Å². The molecule has 1 aliphatic rings. The largest absolute Gasteiger partial charge is 0.490 e. The second kappa shape index (κ2) is 9.62. The maximum Gasteiger partial charge on any atom is 0.255 e. The first-order valence-corrected chi connectivity index (χ1v) is 12.2. The number of H-pyrrole nitrogens is 1. The Morgan fingerprint density at radius 1 is 1.21 bits per heavy atom. The van der Waals surface area contributed by atoms with Gasteiger partial charge in [0.25, 0.3) is 5.91 Å². The van der Waals surface area contributed by atoms with Gasteiger partial charge in [-0.1, -0.05) is 37.0 Å². The first-order valence-electron chi connectivity index (χ1n) is 11.4. The van der Waals surface area contributed by atoms with Crippen LogP contribution in [0.2, 0.25) is 10.0 Å². The number of imidazole rings is 1. The van der Waals surface area contributed by atoms with Crippen LogP contribution < -0.4 is 15.4 Å². The Hall–Kier alpha value is -2.51. The highest BCUT2D eigenvalue weighted by atomic mass is 35.5. The third kappa shape index (κ3) is 5.41. The Labute approximate surface area is 208 Å². The molecule has 0 saturated heterocycles. The molecule has 0 radical (unpaired) electrons. The lowest BCUT2D eigenvalue weighted by Gasteiger charge is -2.34. The third-order valence-electron chi connectivity index (χ3n) is 6.15. The fourth-order valence-corrected chi connectivity index (χ4v) is 4.54. The van der Waals surface area contributed by atoms with Crippen LogP contribution in [0.25, 0.3) is 11.0 Å². The Kier molecular flexibility index (Phi) is 6.97. The van der Waals surface area contributed by atoms with E-state index in [-0.39, 0.29) is 39.7 Å². The Balaban J connectivity index is 1.63. The van der Waals surface area contributed by atoms with Crippen molar-refractivity contribution in [3.63, 3.8) is 0 Å². The average molecular weight is 507 g/mol. The molecular formula is C25H29Cl2FN4O2. The molecule has 1 amide bonds. The Bertz CT molecular complexity index is 1220. The molecular weight excluding hydrogens is 478 g/mol. The number of aromatic amines is 1. The number of hydrogen-bond donors (Lipinski definition) is 3. The first kappa shape index (κ1) is 24.6. The van der Waals surface area contributed by atoms with Gasteiger partial charge in [-0.3, -0.25) is 4.79 Å². The number of nitrogens with one attached hydrogen (secondary N) is 3. The van der Waals surface area contributed by atoms with Gasteiger partial charge in [-0.25, -0.2) is 9.37 Å². The summed E-state index contributed by atoms with van der Waals surface area (Å²) in [7, 11) is 0. The molecule has 182 valence electrons. The van der Waals surface area contributed by atoms with Crippen molar-refractivity contribution in [3.05, 3.63) is 45.7 Å². The molecule has 34 heavy (non-hydrogen) atoms. The maximum atomic E-state index is 14.5. The summed E-state index contributed by atoms with van der Waals surface area (Å²) >= 11 is 12.0. The molecule has 1 saturated carbocycles. The van der Waals surface area contributed by atoms with Crippen LogP contribution in [0.1, 0.15) is 63.7 Å². The maximum absolute atomic E-state index is 14.5. The molecule has 2 aromatic carbocycles. The summed E-state index contributed by atoms with van der Waals surface area (Å²) in [5.74, 6) is -0.142. The number of aromatic nitrogens is 2. The Morgan fingerprint density at radius 2 is 1.88 bits per heavy atom. The molecule has 9 heteroatoms. The molecule has 1 heterocycles. The molecule has 0 spiro atoms. The minimum atomic E-state index is -0.672. The summed E-state index contributed by atoms with van der Waals surface area (Å²) < 4.78 is 20.4. The van der Waals surface area contributed by atoms with Gasteiger partial charge in [-0.2, -0.15) is 0 Å². The van der Waals surface area contributed by atoms with Gasteiger partial charge in [0.15, 0.2) is 5.82 Å².